The first kappa shape index (κ1) is 21.3. The van der Waals surface area contributed by atoms with Gasteiger partial charge >= 0.3 is 0 Å². The monoisotopic (exact) mass is 448 g/mol. The van der Waals surface area contributed by atoms with Crippen LogP contribution in [0.15, 0.2) is 84.9 Å². The van der Waals surface area contributed by atoms with E-state index in [1.54, 1.807) is 12.1 Å². The standard InChI is InChI=1S/C27H22Cl2O2/c1-27(2,19-13-21(25(30)23(28)15-19)17-9-5-3-6-10-17)20-14-22(26(31)24(29)16-20)18-11-7-4-8-12-18/h3-16,30-31H,1-2H3. The van der Waals surface area contributed by atoms with Crippen molar-refractivity contribution in [1.29, 1.82) is 0 Å². The molecule has 0 saturated carbocycles. The number of phenols is 2. The van der Waals surface area contributed by atoms with Gasteiger partial charge < -0.3 is 10.2 Å². The molecule has 0 aliphatic heterocycles. The van der Waals surface area contributed by atoms with E-state index in [9.17, 15) is 10.2 Å². The van der Waals surface area contributed by atoms with Gasteiger partial charge in [0.05, 0.1) is 10.0 Å². The average molecular weight is 449 g/mol. The third-order valence-corrected chi connectivity index (χ3v) is 6.32. The molecule has 0 atom stereocenters. The summed E-state index contributed by atoms with van der Waals surface area (Å²) >= 11 is 12.9. The SMILES string of the molecule is CC(C)(c1cc(Cl)c(O)c(-c2ccccc2)c1)c1cc(Cl)c(O)c(-c2ccccc2)c1. The Kier molecular flexibility index (Phi) is 5.70. The number of halogens is 2. The van der Waals surface area contributed by atoms with Crippen LogP contribution in [0.5, 0.6) is 11.5 Å². The zero-order valence-electron chi connectivity index (χ0n) is 17.2. The molecule has 31 heavy (non-hydrogen) atoms. The number of hydrogen-bond donors (Lipinski definition) is 2. The van der Waals surface area contributed by atoms with Crippen molar-refractivity contribution >= 4 is 23.2 Å². The van der Waals surface area contributed by atoms with Gasteiger partial charge in [0.1, 0.15) is 11.5 Å². The summed E-state index contributed by atoms with van der Waals surface area (Å²) in [6.45, 7) is 4.14. The van der Waals surface area contributed by atoms with E-state index in [4.69, 9.17) is 23.2 Å². The number of aromatic hydroxyl groups is 2. The van der Waals surface area contributed by atoms with E-state index >= 15 is 0 Å². The van der Waals surface area contributed by atoms with Crippen LogP contribution in [0, 0.1) is 0 Å². The fourth-order valence-corrected chi connectivity index (χ4v) is 4.20. The van der Waals surface area contributed by atoms with Crippen molar-refractivity contribution in [2.75, 3.05) is 0 Å². The van der Waals surface area contributed by atoms with E-state index in [1.807, 2.05) is 72.8 Å². The van der Waals surface area contributed by atoms with Crippen LogP contribution in [0.3, 0.4) is 0 Å². The van der Waals surface area contributed by atoms with Crippen LogP contribution < -0.4 is 0 Å². The van der Waals surface area contributed by atoms with Gasteiger partial charge in [0, 0.05) is 16.5 Å². The molecule has 2 N–H and O–H groups in total. The van der Waals surface area contributed by atoms with Gasteiger partial charge in [-0.2, -0.15) is 0 Å². The van der Waals surface area contributed by atoms with Crippen molar-refractivity contribution < 1.29 is 10.2 Å². The van der Waals surface area contributed by atoms with Crippen LogP contribution in [0.2, 0.25) is 10.0 Å². The zero-order chi connectivity index (χ0) is 22.2. The van der Waals surface area contributed by atoms with Gasteiger partial charge in [0.2, 0.25) is 0 Å². The van der Waals surface area contributed by atoms with Crippen molar-refractivity contribution in [3.05, 3.63) is 106 Å². The Bertz CT molecular complexity index is 1140. The summed E-state index contributed by atoms with van der Waals surface area (Å²) in [6, 6.07) is 26.8. The molecule has 0 aliphatic carbocycles. The first-order chi connectivity index (χ1) is 14.8. The second-order valence-corrected chi connectivity index (χ2v) is 8.88. The molecule has 0 heterocycles. The van der Waals surface area contributed by atoms with Crippen molar-refractivity contribution in [3.63, 3.8) is 0 Å². The summed E-state index contributed by atoms with van der Waals surface area (Å²) in [5.74, 6) is 0.113. The van der Waals surface area contributed by atoms with E-state index in [0.717, 1.165) is 22.3 Å². The summed E-state index contributed by atoms with van der Waals surface area (Å²) in [7, 11) is 0. The molecule has 0 radical (unpaired) electrons. The number of phenolic OH excluding ortho intramolecular Hbond substituents is 2. The maximum absolute atomic E-state index is 10.6. The van der Waals surface area contributed by atoms with Crippen LogP contribution in [0.4, 0.5) is 0 Å². The summed E-state index contributed by atoms with van der Waals surface area (Å²) in [5.41, 5.74) is 4.46. The minimum atomic E-state index is -0.498. The lowest BCUT2D eigenvalue weighted by atomic mass is 9.76. The lowest BCUT2D eigenvalue weighted by Crippen LogP contribution is -2.19. The normalized spacial score (nSPS) is 11.5. The van der Waals surface area contributed by atoms with E-state index in [-0.39, 0.29) is 21.5 Å². The molecule has 0 amide bonds. The molecule has 4 aromatic rings. The van der Waals surface area contributed by atoms with E-state index in [2.05, 4.69) is 13.8 Å². The Morgan fingerprint density at radius 2 is 0.935 bits per heavy atom. The molecule has 0 fully saturated rings. The molecule has 2 nitrogen and oxygen atoms in total. The number of rotatable bonds is 4. The first-order valence-corrected chi connectivity index (χ1v) is 10.7. The fraction of sp³-hybridized carbons (Fsp3) is 0.111. The van der Waals surface area contributed by atoms with Crippen LogP contribution in [0.25, 0.3) is 22.3 Å². The Labute approximate surface area is 192 Å². The van der Waals surface area contributed by atoms with Crippen LogP contribution in [0.1, 0.15) is 25.0 Å². The topological polar surface area (TPSA) is 40.5 Å². The Morgan fingerprint density at radius 3 is 1.29 bits per heavy atom. The molecule has 0 unspecified atom stereocenters. The largest absolute Gasteiger partial charge is 0.506 e. The summed E-state index contributed by atoms with van der Waals surface area (Å²) in [6.07, 6.45) is 0. The fourth-order valence-electron chi connectivity index (χ4n) is 3.76. The second-order valence-electron chi connectivity index (χ2n) is 8.07. The summed E-state index contributed by atoms with van der Waals surface area (Å²) in [5, 5.41) is 21.8. The maximum Gasteiger partial charge on any atom is 0.142 e. The van der Waals surface area contributed by atoms with Crippen LogP contribution in [-0.4, -0.2) is 10.2 Å². The third-order valence-electron chi connectivity index (χ3n) is 5.74. The summed E-state index contributed by atoms with van der Waals surface area (Å²) < 4.78 is 0. The Hall–Kier alpha value is -2.94. The van der Waals surface area contributed by atoms with Crippen molar-refractivity contribution in [2.45, 2.75) is 19.3 Å². The van der Waals surface area contributed by atoms with E-state index in [0.29, 0.717) is 11.1 Å². The molecular formula is C27H22Cl2O2. The molecule has 156 valence electrons. The van der Waals surface area contributed by atoms with Gasteiger partial charge in [0.25, 0.3) is 0 Å². The molecule has 0 aliphatic rings. The molecule has 0 bridgehead atoms. The Balaban J connectivity index is 1.88. The third kappa shape index (κ3) is 4.01. The zero-order valence-corrected chi connectivity index (χ0v) is 18.7. The lowest BCUT2D eigenvalue weighted by molar-refractivity contribution is 0.476. The molecule has 4 aromatic carbocycles. The highest BCUT2D eigenvalue weighted by Gasteiger charge is 2.28. The van der Waals surface area contributed by atoms with Crippen molar-refractivity contribution in [1.82, 2.24) is 0 Å². The van der Waals surface area contributed by atoms with Gasteiger partial charge in [-0.05, 0) is 46.5 Å². The van der Waals surface area contributed by atoms with E-state index in [1.165, 1.54) is 0 Å². The summed E-state index contributed by atoms with van der Waals surface area (Å²) in [4.78, 5) is 0. The van der Waals surface area contributed by atoms with Crippen molar-refractivity contribution in [2.24, 2.45) is 0 Å². The van der Waals surface area contributed by atoms with Gasteiger partial charge in [-0.1, -0.05) is 97.7 Å². The molecular weight excluding hydrogens is 427 g/mol. The quantitative estimate of drug-likeness (QED) is 0.331. The van der Waals surface area contributed by atoms with Crippen LogP contribution >= 0.6 is 23.2 Å². The highest BCUT2D eigenvalue weighted by molar-refractivity contribution is 6.33. The van der Waals surface area contributed by atoms with Crippen molar-refractivity contribution in [3.8, 4) is 33.8 Å². The highest BCUT2D eigenvalue weighted by atomic mass is 35.5. The van der Waals surface area contributed by atoms with Gasteiger partial charge in [-0.25, -0.2) is 0 Å². The minimum Gasteiger partial charge on any atom is -0.506 e. The molecule has 4 heteroatoms. The Morgan fingerprint density at radius 1 is 0.581 bits per heavy atom. The lowest BCUT2D eigenvalue weighted by Gasteiger charge is -2.28. The number of hydrogen-bond acceptors (Lipinski definition) is 2. The van der Waals surface area contributed by atoms with E-state index < -0.39 is 5.41 Å². The average Bonchev–Trinajstić information content (AvgIpc) is 2.78. The van der Waals surface area contributed by atoms with Gasteiger partial charge in [-0.3, -0.25) is 0 Å². The molecule has 4 rings (SSSR count). The highest BCUT2D eigenvalue weighted by Crippen LogP contribution is 2.45. The minimum absolute atomic E-state index is 0.0566. The molecule has 0 spiro atoms. The number of benzene rings is 4. The second kappa shape index (κ2) is 8.30. The van der Waals surface area contributed by atoms with Crippen LogP contribution in [-0.2, 0) is 5.41 Å². The smallest absolute Gasteiger partial charge is 0.142 e. The van der Waals surface area contributed by atoms with Gasteiger partial charge in [-0.15, -0.1) is 0 Å². The van der Waals surface area contributed by atoms with Gasteiger partial charge in [0.15, 0.2) is 0 Å². The predicted molar refractivity (Wildman–Crippen MR) is 129 cm³/mol. The molecule has 0 aromatic heterocycles. The first-order valence-electron chi connectivity index (χ1n) is 9.96. The predicted octanol–water partition coefficient (Wildman–Crippen LogP) is 8.06. The molecule has 0 saturated heterocycles. The maximum atomic E-state index is 10.6.